The van der Waals surface area contributed by atoms with Crippen molar-refractivity contribution in [3.05, 3.63) is 60.7 Å². The fourth-order valence-corrected chi connectivity index (χ4v) is 3.51. The van der Waals surface area contributed by atoms with E-state index in [1.807, 2.05) is 36.8 Å². The lowest BCUT2D eigenvalue weighted by molar-refractivity contribution is 0.396. The Hall–Kier alpha value is -2.96. The van der Waals surface area contributed by atoms with Gasteiger partial charge in [0.15, 0.2) is 0 Å². The molecule has 0 N–H and O–H groups in total. The lowest BCUT2D eigenvalue weighted by atomic mass is 9.97. The molecule has 4 heterocycles. The van der Waals surface area contributed by atoms with E-state index >= 15 is 0 Å². The standard InChI is InChI=1S/C19H22N6O/c1-26-18-11-17(22-14-23-18)24-9-2-3-16(13-24)19-21-8-10-25(19)12-15-4-6-20-7-5-15/h4-8,10-11,14,16H,2-3,9,12-13H2,1H3/t16-/m0/s1. The van der Waals surface area contributed by atoms with E-state index in [4.69, 9.17) is 4.74 Å². The molecule has 1 fully saturated rings. The van der Waals surface area contributed by atoms with Gasteiger partial charge in [0, 0.05) is 56.4 Å². The van der Waals surface area contributed by atoms with Gasteiger partial charge < -0.3 is 14.2 Å². The van der Waals surface area contributed by atoms with Gasteiger partial charge in [0.2, 0.25) is 5.88 Å². The summed E-state index contributed by atoms with van der Waals surface area (Å²) in [5.74, 6) is 3.01. The summed E-state index contributed by atoms with van der Waals surface area (Å²) in [4.78, 5) is 19.6. The summed E-state index contributed by atoms with van der Waals surface area (Å²) in [7, 11) is 1.63. The number of imidazole rings is 1. The first-order chi connectivity index (χ1) is 12.8. The van der Waals surface area contributed by atoms with Gasteiger partial charge in [-0.15, -0.1) is 0 Å². The van der Waals surface area contributed by atoms with Crippen LogP contribution in [0.2, 0.25) is 0 Å². The molecule has 0 spiro atoms. The zero-order valence-corrected chi connectivity index (χ0v) is 14.8. The van der Waals surface area contributed by atoms with Crippen LogP contribution in [-0.4, -0.2) is 44.7 Å². The fraction of sp³-hybridized carbons (Fsp3) is 0.368. The molecule has 0 aliphatic carbocycles. The van der Waals surface area contributed by atoms with Gasteiger partial charge in [0.1, 0.15) is 18.0 Å². The Labute approximate surface area is 152 Å². The molecule has 0 unspecified atom stereocenters. The highest BCUT2D eigenvalue weighted by Crippen LogP contribution is 2.29. The number of aromatic nitrogens is 5. The molecule has 0 aromatic carbocycles. The molecule has 0 amide bonds. The average molecular weight is 350 g/mol. The van der Waals surface area contributed by atoms with E-state index in [1.54, 1.807) is 13.4 Å². The molecule has 26 heavy (non-hydrogen) atoms. The predicted molar refractivity (Wildman–Crippen MR) is 98.3 cm³/mol. The molecule has 7 nitrogen and oxygen atoms in total. The van der Waals surface area contributed by atoms with Crippen molar-refractivity contribution in [3.8, 4) is 5.88 Å². The van der Waals surface area contributed by atoms with Crippen LogP contribution in [0, 0.1) is 0 Å². The second kappa shape index (κ2) is 7.51. The summed E-state index contributed by atoms with van der Waals surface area (Å²) >= 11 is 0. The van der Waals surface area contributed by atoms with Crippen LogP contribution in [0.15, 0.2) is 49.3 Å². The predicted octanol–water partition coefficient (Wildman–Crippen LogP) is 2.51. The Morgan fingerprint density at radius 2 is 2.04 bits per heavy atom. The van der Waals surface area contributed by atoms with Gasteiger partial charge in [-0.25, -0.2) is 15.0 Å². The maximum absolute atomic E-state index is 5.23. The quantitative estimate of drug-likeness (QED) is 0.704. The second-order valence-electron chi connectivity index (χ2n) is 6.47. The van der Waals surface area contributed by atoms with Crippen LogP contribution < -0.4 is 9.64 Å². The first kappa shape index (κ1) is 16.5. The molecule has 1 atom stereocenters. The second-order valence-corrected chi connectivity index (χ2v) is 6.47. The Morgan fingerprint density at radius 3 is 2.88 bits per heavy atom. The highest BCUT2D eigenvalue weighted by atomic mass is 16.5. The van der Waals surface area contributed by atoms with Crippen molar-refractivity contribution in [1.29, 1.82) is 0 Å². The van der Waals surface area contributed by atoms with E-state index in [1.165, 1.54) is 5.56 Å². The molecule has 1 aliphatic heterocycles. The lowest BCUT2D eigenvalue weighted by Gasteiger charge is -2.33. The minimum Gasteiger partial charge on any atom is -0.481 e. The molecule has 4 rings (SSSR count). The fourth-order valence-electron chi connectivity index (χ4n) is 3.51. The maximum Gasteiger partial charge on any atom is 0.218 e. The van der Waals surface area contributed by atoms with Crippen LogP contribution >= 0.6 is 0 Å². The Balaban J connectivity index is 1.52. The molecule has 0 bridgehead atoms. The topological polar surface area (TPSA) is 69.0 Å². The summed E-state index contributed by atoms with van der Waals surface area (Å²) in [6.07, 6.45) is 11.4. The summed E-state index contributed by atoms with van der Waals surface area (Å²) in [6, 6.07) is 5.99. The average Bonchev–Trinajstić information content (AvgIpc) is 3.17. The largest absolute Gasteiger partial charge is 0.481 e. The van der Waals surface area contributed by atoms with Crippen molar-refractivity contribution in [2.45, 2.75) is 25.3 Å². The highest BCUT2D eigenvalue weighted by molar-refractivity contribution is 5.42. The van der Waals surface area contributed by atoms with Crippen molar-refractivity contribution in [1.82, 2.24) is 24.5 Å². The van der Waals surface area contributed by atoms with Crippen LogP contribution in [0.3, 0.4) is 0 Å². The van der Waals surface area contributed by atoms with Crippen molar-refractivity contribution >= 4 is 5.82 Å². The molecule has 3 aromatic rings. The molecule has 1 saturated heterocycles. The summed E-state index contributed by atoms with van der Waals surface area (Å²) in [5.41, 5.74) is 1.23. The molecule has 134 valence electrons. The first-order valence-electron chi connectivity index (χ1n) is 8.84. The molecule has 1 aliphatic rings. The Morgan fingerprint density at radius 1 is 1.15 bits per heavy atom. The minimum absolute atomic E-state index is 0.376. The van der Waals surface area contributed by atoms with Gasteiger partial charge in [-0.2, -0.15) is 0 Å². The van der Waals surface area contributed by atoms with Gasteiger partial charge in [-0.1, -0.05) is 0 Å². The lowest BCUT2D eigenvalue weighted by Crippen LogP contribution is -2.36. The van der Waals surface area contributed by atoms with Crippen molar-refractivity contribution in [3.63, 3.8) is 0 Å². The Kier molecular flexibility index (Phi) is 4.77. The summed E-state index contributed by atoms with van der Waals surface area (Å²) in [6.45, 7) is 2.70. The van der Waals surface area contributed by atoms with Gasteiger partial charge in [-0.3, -0.25) is 4.98 Å². The van der Waals surface area contributed by atoms with E-state index in [0.717, 1.165) is 44.1 Å². The molecular weight excluding hydrogens is 328 g/mol. The van der Waals surface area contributed by atoms with Gasteiger partial charge in [0.05, 0.1) is 7.11 Å². The third kappa shape index (κ3) is 3.51. The van der Waals surface area contributed by atoms with E-state index in [0.29, 0.717) is 11.8 Å². The number of hydrogen-bond acceptors (Lipinski definition) is 6. The maximum atomic E-state index is 5.23. The van der Waals surface area contributed by atoms with Crippen LogP contribution in [-0.2, 0) is 6.54 Å². The van der Waals surface area contributed by atoms with Crippen LogP contribution in [0.5, 0.6) is 5.88 Å². The number of pyridine rings is 1. The van der Waals surface area contributed by atoms with Crippen LogP contribution in [0.25, 0.3) is 0 Å². The molecule has 7 heteroatoms. The van der Waals surface area contributed by atoms with E-state index in [2.05, 4.69) is 35.6 Å². The van der Waals surface area contributed by atoms with Crippen molar-refractivity contribution in [2.75, 3.05) is 25.1 Å². The third-order valence-corrected chi connectivity index (χ3v) is 4.80. The SMILES string of the molecule is COc1cc(N2CCC[C@H](c3nccn3Cc3ccncc3)C2)ncn1. The number of nitrogens with zero attached hydrogens (tertiary/aromatic N) is 6. The number of rotatable bonds is 5. The highest BCUT2D eigenvalue weighted by Gasteiger charge is 2.25. The van der Waals surface area contributed by atoms with Crippen molar-refractivity contribution in [2.24, 2.45) is 0 Å². The van der Waals surface area contributed by atoms with Gasteiger partial charge in [-0.05, 0) is 30.5 Å². The molecule has 0 radical (unpaired) electrons. The smallest absolute Gasteiger partial charge is 0.218 e. The zero-order chi connectivity index (χ0) is 17.8. The Bertz CT molecular complexity index is 850. The van der Waals surface area contributed by atoms with Crippen LogP contribution in [0.1, 0.15) is 30.1 Å². The van der Waals surface area contributed by atoms with E-state index < -0.39 is 0 Å². The van der Waals surface area contributed by atoms with Crippen LogP contribution in [0.4, 0.5) is 5.82 Å². The molecular formula is C19H22N6O. The number of piperidine rings is 1. The van der Waals surface area contributed by atoms with Gasteiger partial charge >= 0.3 is 0 Å². The third-order valence-electron chi connectivity index (χ3n) is 4.80. The summed E-state index contributed by atoms with van der Waals surface area (Å²) in [5, 5.41) is 0. The molecule has 0 saturated carbocycles. The number of anilines is 1. The van der Waals surface area contributed by atoms with E-state index in [9.17, 15) is 0 Å². The number of hydrogen-bond donors (Lipinski definition) is 0. The first-order valence-corrected chi connectivity index (χ1v) is 8.84. The minimum atomic E-state index is 0.376. The van der Waals surface area contributed by atoms with E-state index in [-0.39, 0.29) is 0 Å². The molecule has 3 aromatic heterocycles. The number of ether oxygens (including phenoxy) is 1. The zero-order valence-electron chi connectivity index (χ0n) is 14.8. The number of methoxy groups -OCH3 is 1. The summed E-state index contributed by atoms with van der Waals surface area (Å²) < 4.78 is 7.47. The normalized spacial score (nSPS) is 17.3. The monoisotopic (exact) mass is 350 g/mol. The van der Waals surface area contributed by atoms with Crippen molar-refractivity contribution < 1.29 is 4.74 Å². The van der Waals surface area contributed by atoms with Gasteiger partial charge in [0.25, 0.3) is 0 Å².